The lowest BCUT2D eigenvalue weighted by atomic mass is 9.67. The summed E-state index contributed by atoms with van der Waals surface area (Å²) in [6.07, 6.45) is 0. The van der Waals surface area contributed by atoms with Gasteiger partial charge in [-0.1, -0.05) is 127 Å². The fourth-order valence-electron chi connectivity index (χ4n) is 5.61. The zero-order valence-electron chi connectivity index (χ0n) is 18.1. The van der Waals surface area contributed by atoms with Crippen molar-refractivity contribution in [3.8, 4) is 22.3 Å². The van der Waals surface area contributed by atoms with Gasteiger partial charge in [-0.05, 0) is 57.0 Å². The molecule has 6 rings (SSSR count). The average molecular weight is 409 g/mol. The van der Waals surface area contributed by atoms with Crippen molar-refractivity contribution in [2.24, 2.45) is 0 Å². The van der Waals surface area contributed by atoms with Crippen molar-refractivity contribution >= 4 is 0 Å². The van der Waals surface area contributed by atoms with Crippen molar-refractivity contribution in [3.05, 3.63) is 155 Å². The number of fused-ring (bicyclic) bond motifs is 3. The van der Waals surface area contributed by atoms with Gasteiger partial charge >= 0.3 is 0 Å². The van der Waals surface area contributed by atoms with E-state index in [1.807, 2.05) is 0 Å². The van der Waals surface area contributed by atoms with E-state index in [-0.39, 0.29) is 5.41 Å². The molecular formula is C32H24. The third-order valence-corrected chi connectivity index (χ3v) is 6.89. The van der Waals surface area contributed by atoms with Crippen LogP contribution in [0.5, 0.6) is 0 Å². The van der Waals surface area contributed by atoms with Gasteiger partial charge in [-0.15, -0.1) is 0 Å². The van der Waals surface area contributed by atoms with Crippen LogP contribution in [-0.4, -0.2) is 0 Å². The first-order valence-corrected chi connectivity index (χ1v) is 11.2. The van der Waals surface area contributed by atoms with Crippen LogP contribution in [0, 0.1) is 6.92 Å². The van der Waals surface area contributed by atoms with Crippen LogP contribution in [0.4, 0.5) is 0 Å². The predicted octanol–water partition coefficient (Wildman–Crippen LogP) is 8.03. The van der Waals surface area contributed by atoms with Crippen molar-refractivity contribution in [3.63, 3.8) is 0 Å². The molecule has 0 N–H and O–H groups in total. The normalized spacial score (nSPS) is 13.4. The molecule has 0 nitrogen and oxygen atoms in total. The molecular weight excluding hydrogens is 384 g/mol. The van der Waals surface area contributed by atoms with Gasteiger partial charge in [0, 0.05) is 0 Å². The minimum atomic E-state index is -0.343. The molecule has 0 radical (unpaired) electrons. The van der Waals surface area contributed by atoms with Crippen LogP contribution >= 0.6 is 0 Å². The summed E-state index contributed by atoms with van der Waals surface area (Å²) < 4.78 is 0. The maximum Gasteiger partial charge on any atom is 0.0713 e. The second-order valence-corrected chi connectivity index (χ2v) is 8.57. The molecule has 1 aliphatic rings. The molecule has 0 atom stereocenters. The minimum Gasteiger partial charge on any atom is -0.0622 e. The number of hydrogen-bond donors (Lipinski definition) is 0. The molecule has 0 unspecified atom stereocenters. The Bertz CT molecular complexity index is 1360. The molecule has 0 amide bonds. The van der Waals surface area contributed by atoms with Gasteiger partial charge in [-0.2, -0.15) is 0 Å². The monoisotopic (exact) mass is 408 g/mol. The summed E-state index contributed by atoms with van der Waals surface area (Å²) in [6.45, 7) is 2.25. The van der Waals surface area contributed by atoms with E-state index in [4.69, 9.17) is 0 Å². The highest BCUT2D eigenvalue weighted by Gasteiger charge is 2.47. The first-order valence-electron chi connectivity index (χ1n) is 11.2. The maximum atomic E-state index is 2.33. The summed E-state index contributed by atoms with van der Waals surface area (Å²) in [4.78, 5) is 0. The van der Waals surface area contributed by atoms with Crippen LogP contribution in [0.3, 0.4) is 0 Å². The van der Waals surface area contributed by atoms with Gasteiger partial charge in [0.1, 0.15) is 0 Å². The smallest absolute Gasteiger partial charge is 0.0622 e. The van der Waals surface area contributed by atoms with Crippen molar-refractivity contribution in [1.29, 1.82) is 0 Å². The first-order chi connectivity index (χ1) is 15.8. The van der Waals surface area contributed by atoms with Crippen molar-refractivity contribution in [2.75, 3.05) is 0 Å². The number of aryl methyl sites for hydroxylation is 1. The summed E-state index contributed by atoms with van der Waals surface area (Å²) in [6, 6.07) is 46.4. The quantitative estimate of drug-likeness (QED) is 0.278. The van der Waals surface area contributed by atoms with E-state index < -0.39 is 0 Å². The Balaban J connectivity index is 1.82. The van der Waals surface area contributed by atoms with E-state index in [0.29, 0.717) is 0 Å². The largest absolute Gasteiger partial charge is 0.0713 e. The lowest BCUT2D eigenvalue weighted by Crippen LogP contribution is -2.28. The molecule has 1 aliphatic carbocycles. The van der Waals surface area contributed by atoms with E-state index >= 15 is 0 Å². The molecule has 0 heteroatoms. The average Bonchev–Trinajstić information content (AvgIpc) is 3.18. The second-order valence-electron chi connectivity index (χ2n) is 8.57. The van der Waals surface area contributed by atoms with E-state index in [9.17, 15) is 0 Å². The van der Waals surface area contributed by atoms with E-state index in [1.54, 1.807) is 0 Å². The Morgan fingerprint density at radius 2 is 0.938 bits per heavy atom. The van der Waals surface area contributed by atoms with Crippen molar-refractivity contribution in [2.45, 2.75) is 12.3 Å². The Kier molecular flexibility index (Phi) is 4.33. The third-order valence-electron chi connectivity index (χ3n) is 6.89. The fraction of sp³-hybridized carbons (Fsp3) is 0.0625. The molecule has 0 aromatic heterocycles. The van der Waals surface area contributed by atoms with Crippen LogP contribution in [0.15, 0.2) is 127 Å². The standard InChI is InChI=1S/C32H24/c1-23-13-11-21-28-30(23)31-27(24-14-5-2-6-15-24)20-12-22-29(31)32(28,25-16-7-3-8-17-25)26-18-9-4-10-19-26/h2-22H,1H3. The molecule has 0 bridgehead atoms. The fourth-order valence-corrected chi connectivity index (χ4v) is 5.61. The molecule has 0 aliphatic heterocycles. The van der Waals surface area contributed by atoms with Crippen LogP contribution in [0.2, 0.25) is 0 Å². The van der Waals surface area contributed by atoms with Crippen molar-refractivity contribution < 1.29 is 0 Å². The van der Waals surface area contributed by atoms with E-state index in [2.05, 4.69) is 134 Å². The molecule has 0 saturated carbocycles. The summed E-state index contributed by atoms with van der Waals surface area (Å²) in [7, 11) is 0. The zero-order chi connectivity index (χ0) is 21.5. The molecule has 5 aromatic rings. The van der Waals surface area contributed by atoms with Crippen molar-refractivity contribution in [1.82, 2.24) is 0 Å². The Hall–Kier alpha value is -3.90. The lowest BCUT2D eigenvalue weighted by molar-refractivity contribution is 0.768. The molecule has 32 heavy (non-hydrogen) atoms. The summed E-state index contributed by atoms with van der Waals surface area (Å²) in [5.74, 6) is 0. The minimum absolute atomic E-state index is 0.343. The van der Waals surface area contributed by atoms with Crippen LogP contribution < -0.4 is 0 Å². The number of rotatable bonds is 3. The summed E-state index contributed by atoms with van der Waals surface area (Å²) in [5.41, 5.74) is 11.6. The highest BCUT2D eigenvalue weighted by molar-refractivity contribution is 5.96. The van der Waals surface area contributed by atoms with Gasteiger partial charge in [0.05, 0.1) is 5.41 Å². The SMILES string of the molecule is Cc1cccc2c1-c1c(-c3ccccc3)cccc1C2(c1ccccc1)c1ccccc1. The highest BCUT2D eigenvalue weighted by Crippen LogP contribution is 2.58. The van der Waals surface area contributed by atoms with Crippen LogP contribution in [-0.2, 0) is 5.41 Å². The lowest BCUT2D eigenvalue weighted by Gasteiger charge is -2.34. The molecule has 0 spiro atoms. The highest BCUT2D eigenvalue weighted by atomic mass is 14.5. The Labute approximate surface area is 189 Å². The van der Waals surface area contributed by atoms with E-state index in [0.717, 1.165) is 0 Å². The van der Waals surface area contributed by atoms with Gasteiger partial charge in [0.25, 0.3) is 0 Å². The van der Waals surface area contributed by atoms with E-state index in [1.165, 1.54) is 50.1 Å². The number of benzene rings is 5. The molecule has 5 aromatic carbocycles. The predicted molar refractivity (Wildman–Crippen MR) is 134 cm³/mol. The van der Waals surface area contributed by atoms with Gasteiger partial charge < -0.3 is 0 Å². The Morgan fingerprint density at radius 3 is 1.53 bits per heavy atom. The topological polar surface area (TPSA) is 0 Å². The zero-order valence-corrected chi connectivity index (χ0v) is 18.1. The summed E-state index contributed by atoms with van der Waals surface area (Å²) in [5, 5.41) is 0. The third kappa shape index (κ3) is 2.56. The summed E-state index contributed by atoms with van der Waals surface area (Å²) >= 11 is 0. The van der Waals surface area contributed by atoms with Crippen LogP contribution in [0.25, 0.3) is 22.3 Å². The Morgan fingerprint density at radius 1 is 0.438 bits per heavy atom. The first kappa shape index (κ1) is 18.8. The molecule has 0 saturated heterocycles. The van der Waals surface area contributed by atoms with Gasteiger partial charge in [-0.25, -0.2) is 0 Å². The van der Waals surface area contributed by atoms with Gasteiger partial charge in [0.15, 0.2) is 0 Å². The number of hydrogen-bond acceptors (Lipinski definition) is 0. The second kappa shape index (κ2) is 7.35. The molecule has 0 heterocycles. The maximum absolute atomic E-state index is 2.33. The molecule has 0 fully saturated rings. The van der Waals surface area contributed by atoms with Gasteiger partial charge in [0.2, 0.25) is 0 Å². The molecule has 152 valence electrons. The van der Waals surface area contributed by atoms with Crippen LogP contribution in [0.1, 0.15) is 27.8 Å². The van der Waals surface area contributed by atoms with Gasteiger partial charge in [-0.3, -0.25) is 0 Å².